The first-order valence-electron chi connectivity index (χ1n) is 4.84. The summed E-state index contributed by atoms with van der Waals surface area (Å²) in [7, 11) is 0. The van der Waals surface area contributed by atoms with Crippen molar-refractivity contribution in [2.45, 2.75) is 13.1 Å². The Morgan fingerprint density at radius 1 is 1.50 bits per heavy atom. The smallest absolute Gasteiger partial charge is 0.345 e. The van der Waals surface area contributed by atoms with E-state index in [2.05, 4.69) is 17.2 Å². The van der Waals surface area contributed by atoms with E-state index in [0.29, 0.717) is 6.07 Å². The molecule has 1 aromatic heterocycles. The monoisotopic (exact) mass is 258 g/mol. The lowest BCUT2D eigenvalue weighted by molar-refractivity contribution is -0.138. The molecular formula is C11H9F3N2O2. The van der Waals surface area contributed by atoms with Gasteiger partial charge in [-0.05, 0) is 6.07 Å². The van der Waals surface area contributed by atoms with E-state index in [1.807, 2.05) is 4.98 Å². The van der Waals surface area contributed by atoms with E-state index in [4.69, 9.17) is 0 Å². The molecule has 4 nitrogen and oxygen atoms in total. The van der Waals surface area contributed by atoms with Crippen LogP contribution in [0.1, 0.15) is 18.1 Å². The molecule has 2 N–H and O–H groups in total. The third kappa shape index (κ3) is 3.97. The van der Waals surface area contributed by atoms with Gasteiger partial charge in [0.2, 0.25) is 5.91 Å². The number of alkyl halides is 3. The molecule has 0 atom stereocenters. The molecule has 18 heavy (non-hydrogen) atoms. The highest BCUT2D eigenvalue weighted by Crippen LogP contribution is 2.26. The van der Waals surface area contributed by atoms with Crippen LogP contribution in [0.4, 0.5) is 13.2 Å². The zero-order chi connectivity index (χ0) is 13.8. The van der Waals surface area contributed by atoms with E-state index in [9.17, 15) is 22.8 Å². The maximum absolute atomic E-state index is 12.4. The lowest BCUT2D eigenvalue weighted by Gasteiger charge is -2.04. The van der Waals surface area contributed by atoms with Gasteiger partial charge in [-0.15, -0.1) is 0 Å². The first kappa shape index (κ1) is 13.8. The van der Waals surface area contributed by atoms with Crippen molar-refractivity contribution < 1.29 is 18.0 Å². The highest BCUT2D eigenvalue weighted by molar-refractivity contribution is 5.73. The van der Waals surface area contributed by atoms with Gasteiger partial charge >= 0.3 is 6.18 Å². The molecule has 1 heterocycles. The number of hydrogen-bond donors (Lipinski definition) is 2. The highest BCUT2D eigenvalue weighted by atomic mass is 19.4. The van der Waals surface area contributed by atoms with Crippen molar-refractivity contribution in [1.29, 1.82) is 0 Å². The van der Waals surface area contributed by atoms with Crippen LogP contribution in [0.25, 0.3) is 0 Å². The number of carbonyl (C=O) groups is 1. The van der Waals surface area contributed by atoms with Gasteiger partial charge in [0.25, 0.3) is 5.56 Å². The minimum absolute atomic E-state index is 0.0206. The number of carbonyl (C=O) groups excluding carboxylic acids is 1. The number of nitrogens with one attached hydrogen (secondary N) is 2. The van der Waals surface area contributed by atoms with E-state index in [1.165, 1.54) is 6.92 Å². The molecule has 7 heteroatoms. The standard InChI is InChI=1S/C11H9F3N2O2/c1-7(17)15-4-2-3-8-5-9(11(12,13)14)10(18)16-6-8/h5-6H,4H2,1H3,(H,15,17)(H,16,18). The molecule has 0 aromatic carbocycles. The Morgan fingerprint density at radius 2 is 2.17 bits per heavy atom. The molecule has 0 saturated carbocycles. The van der Waals surface area contributed by atoms with Crippen LogP contribution >= 0.6 is 0 Å². The molecule has 96 valence electrons. The molecule has 1 amide bonds. The van der Waals surface area contributed by atoms with Gasteiger partial charge in [-0.2, -0.15) is 13.2 Å². The molecule has 0 bridgehead atoms. The number of halogens is 3. The van der Waals surface area contributed by atoms with Crippen LogP contribution in [0.3, 0.4) is 0 Å². The largest absolute Gasteiger partial charge is 0.421 e. The molecule has 1 rings (SSSR count). The van der Waals surface area contributed by atoms with Crippen molar-refractivity contribution in [2.75, 3.05) is 6.54 Å². The highest BCUT2D eigenvalue weighted by Gasteiger charge is 2.33. The summed E-state index contributed by atoms with van der Waals surface area (Å²) >= 11 is 0. The molecule has 1 aromatic rings. The summed E-state index contributed by atoms with van der Waals surface area (Å²) in [5, 5.41) is 2.37. The first-order valence-corrected chi connectivity index (χ1v) is 4.84. The number of pyridine rings is 1. The van der Waals surface area contributed by atoms with Crippen molar-refractivity contribution >= 4 is 5.91 Å². The van der Waals surface area contributed by atoms with E-state index in [-0.39, 0.29) is 18.0 Å². The van der Waals surface area contributed by atoms with Crippen LogP contribution in [-0.2, 0) is 11.0 Å². The predicted octanol–water partition coefficient (Wildman–Crippen LogP) is 0.881. The van der Waals surface area contributed by atoms with Gasteiger partial charge in [0.05, 0.1) is 6.54 Å². The van der Waals surface area contributed by atoms with Crippen molar-refractivity contribution in [3.8, 4) is 11.8 Å². The second-order valence-electron chi connectivity index (χ2n) is 3.34. The van der Waals surface area contributed by atoms with Gasteiger partial charge in [0.15, 0.2) is 0 Å². The molecule has 0 aliphatic rings. The number of aromatic nitrogens is 1. The summed E-state index contributed by atoms with van der Waals surface area (Å²) in [6, 6.07) is 0.666. The summed E-state index contributed by atoms with van der Waals surface area (Å²) in [5.74, 6) is 4.57. The third-order valence-corrected chi connectivity index (χ3v) is 1.87. The average Bonchev–Trinajstić information content (AvgIpc) is 2.24. The SMILES string of the molecule is CC(=O)NCC#Cc1c[nH]c(=O)c(C(F)(F)F)c1. The zero-order valence-electron chi connectivity index (χ0n) is 9.31. The maximum Gasteiger partial charge on any atom is 0.421 e. The summed E-state index contributed by atoms with van der Waals surface area (Å²) < 4.78 is 37.2. The number of H-pyrrole nitrogens is 1. The van der Waals surface area contributed by atoms with Gasteiger partial charge in [-0.1, -0.05) is 11.8 Å². The Morgan fingerprint density at radius 3 is 2.72 bits per heavy atom. The first-order chi connectivity index (χ1) is 8.30. The molecular weight excluding hydrogens is 249 g/mol. The predicted molar refractivity (Wildman–Crippen MR) is 57.6 cm³/mol. The average molecular weight is 258 g/mol. The molecule has 0 aliphatic heterocycles. The Labute approximate surface area is 100 Å². The van der Waals surface area contributed by atoms with Crippen molar-refractivity contribution in [2.24, 2.45) is 0 Å². The van der Waals surface area contributed by atoms with Crippen molar-refractivity contribution in [1.82, 2.24) is 10.3 Å². The number of amides is 1. The molecule has 0 spiro atoms. The van der Waals surface area contributed by atoms with Crippen LogP contribution in [0.15, 0.2) is 17.1 Å². The lowest BCUT2D eigenvalue weighted by atomic mass is 10.2. The van der Waals surface area contributed by atoms with Crippen LogP contribution in [-0.4, -0.2) is 17.4 Å². The molecule has 0 aliphatic carbocycles. The number of aromatic amines is 1. The molecule has 0 saturated heterocycles. The fourth-order valence-corrected chi connectivity index (χ4v) is 1.08. The summed E-state index contributed by atoms with van der Waals surface area (Å²) in [6.07, 6.45) is -3.64. The Balaban J connectivity index is 2.93. The quantitative estimate of drug-likeness (QED) is 0.734. The minimum atomic E-state index is -4.72. The van der Waals surface area contributed by atoms with Gasteiger partial charge in [0, 0.05) is 18.7 Å². The van der Waals surface area contributed by atoms with Crippen LogP contribution in [0.2, 0.25) is 0 Å². The van der Waals surface area contributed by atoms with E-state index >= 15 is 0 Å². The normalized spacial score (nSPS) is 10.4. The number of rotatable bonds is 1. The fraction of sp³-hybridized carbons (Fsp3) is 0.273. The van der Waals surface area contributed by atoms with Gasteiger partial charge in [-0.3, -0.25) is 9.59 Å². The topological polar surface area (TPSA) is 62.0 Å². The Kier molecular flexibility index (Phi) is 4.15. The Bertz CT molecular complexity index is 564. The summed E-state index contributed by atoms with van der Waals surface area (Å²) in [4.78, 5) is 23.4. The second-order valence-corrected chi connectivity index (χ2v) is 3.34. The van der Waals surface area contributed by atoms with Crippen LogP contribution < -0.4 is 10.9 Å². The zero-order valence-corrected chi connectivity index (χ0v) is 9.31. The minimum Gasteiger partial charge on any atom is -0.345 e. The van der Waals surface area contributed by atoms with Crippen molar-refractivity contribution in [3.05, 3.63) is 33.7 Å². The van der Waals surface area contributed by atoms with Crippen LogP contribution in [0, 0.1) is 11.8 Å². The maximum atomic E-state index is 12.4. The fourth-order valence-electron chi connectivity index (χ4n) is 1.08. The second kappa shape index (κ2) is 5.40. The molecule has 0 radical (unpaired) electrons. The van der Waals surface area contributed by atoms with Gasteiger partial charge < -0.3 is 10.3 Å². The third-order valence-electron chi connectivity index (χ3n) is 1.87. The molecule has 0 unspecified atom stereocenters. The van der Waals surface area contributed by atoms with Crippen molar-refractivity contribution in [3.63, 3.8) is 0 Å². The lowest BCUT2D eigenvalue weighted by Crippen LogP contribution is -2.21. The number of hydrogen-bond acceptors (Lipinski definition) is 2. The van der Waals surface area contributed by atoms with E-state index < -0.39 is 17.3 Å². The van der Waals surface area contributed by atoms with Crippen LogP contribution in [0.5, 0.6) is 0 Å². The van der Waals surface area contributed by atoms with Gasteiger partial charge in [-0.25, -0.2) is 0 Å². The van der Waals surface area contributed by atoms with E-state index in [1.54, 1.807) is 0 Å². The van der Waals surface area contributed by atoms with E-state index in [0.717, 1.165) is 6.20 Å². The summed E-state index contributed by atoms with van der Waals surface area (Å²) in [5.41, 5.74) is -2.49. The Hall–Kier alpha value is -2.23. The summed E-state index contributed by atoms with van der Waals surface area (Å²) in [6.45, 7) is 1.32. The van der Waals surface area contributed by atoms with Gasteiger partial charge in [0.1, 0.15) is 5.56 Å². The molecule has 0 fully saturated rings.